The van der Waals surface area contributed by atoms with Crippen LogP contribution in [-0.2, 0) is 9.59 Å². The summed E-state index contributed by atoms with van der Waals surface area (Å²) in [5.74, 6) is -0.519. The Morgan fingerprint density at radius 2 is 1.37 bits per heavy atom. The first-order valence-electron chi connectivity index (χ1n) is 12.1. The molecule has 2 aliphatic rings. The number of amides is 1. The van der Waals surface area contributed by atoms with Crippen LogP contribution in [0.25, 0.3) is 5.57 Å². The lowest BCUT2D eigenvalue weighted by molar-refractivity contribution is -0.899. The second-order valence-corrected chi connectivity index (χ2v) is 9.10. The molecule has 0 aromatic heterocycles. The standard InChI is InChI=1S/C29H28FN3O2/c30-24-11-13-25(14-12-24)32-18-15-31(16-19-32)17-20-33-21-26(34)28(29(33)35)27(22-7-3-1-4-8-22)23-9-5-2-6-10-23/h1-14H,15-21H2/p+1. The number of hydrogen-bond acceptors (Lipinski definition) is 3. The summed E-state index contributed by atoms with van der Waals surface area (Å²) in [7, 11) is 0. The van der Waals surface area contributed by atoms with Crippen LogP contribution in [-0.4, -0.2) is 62.4 Å². The van der Waals surface area contributed by atoms with E-state index in [0.29, 0.717) is 17.7 Å². The van der Waals surface area contributed by atoms with E-state index < -0.39 is 0 Å². The van der Waals surface area contributed by atoms with E-state index >= 15 is 0 Å². The number of carbonyl (C=O) groups excluding carboxylic acids is 2. The Morgan fingerprint density at radius 1 is 0.800 bits per heavy atom. The van der Waals surface area contributed by atoms with Crippen molar-refractivity contribution in [1.82, 2.24) is 4.90 Å². The summed E-state index contributed by atoms with van der Waals surface area (Å²) in [5, 5.41) is 0. The molecule has 5 rings (SSSR count). The number of carbonyl (C=O) groups is 2. The van der Waals surface area contributed by atoms with E-state index in [2.05, 4.69) is 4.90 Å². The van der Waals surface area contributed by atoms with Crippen LogP contribution >= 0.6 is 0 Å². The molecule has 0 radical (unpaired) electrons. The SMILES string of the molecule is O=C1CN(CC[NH+]2CCN(c3ccc(F)cc3)CC2)C(=O)C1=C(c1ccccc1)c1ccccc1. The minimum atomic E-state index is -0.223. The lowest BCUT2D eigenvalue weighted by Gasteiger charge is -2.34. The molecule has 0 aliphatic carbocycles. The molecule has 1 amide bonds. The molecule has 2 saturated heterocycles. The van der Waals surface area contributed by atoms with Gasteiger partial charge < -0.3 is 14.7 Å². The summed E-state index contributed by atoms with van der Waals surface area (Å²) in [5.41, 5.74) is 3.79. The summed E-state index contributed by atoms with van der Waals surface area (Å²) in [6, 6.07) is 26.0. The van der Waals surface area contributed by atoms with E-state index in [1.807, 2.05) is 72.8 Å². The highest BCUT2D eigenvalue weighted by Gasteiger charge is 2.37. The van der Waals surface area contributed by atoms with E-state index in [4.69, 9.17) is 0 Å². The van der Waals surface area contributed by atoms with Gasteiger partial charge in [0.05, 0.1) is 51.4 Å². The van der Waals surface area contributed by atoms with Crippen LogP contribution in [0.5, 0.6) is 0 Å². The Labute approximate surface area is 205 Å². The normalized spacial score (nSPS) is 16.8. The van der Waals surface area contributed by atoms with E-state index in [1.165, 1.54) is 17.0 Å². The number of Topliss-reactive ketones (excluding diaryl/α,β-unsaturated/α-hetero) is 1. The lowest BCUT2D eigenvalue weighted by atomic mass is 9.92. The minimum Gasteiger partial charge on any atom is -0.360 e. The van der Waals surface area contributed by atoms with Gasteiger partial charge in [0, 0.05) is 11.3 Å². The molecular weight excluding hydrogens is 441 g/mol. The van der Waals surface area contributed by atoms with E-state index in [-0.39, 0.29) is 24.1 Å². The average Bonchev–Trinajstić information content (AvgIpc) is 3.18. The number of nitrogens with zero attached hydrogens (tertiary/aromatic N) is 2. The van der Waals surface area contributed by atoms with Gasteiger partial charge in [-0.1, -0.05) is 60.7 Å². The second-order valence-electron chi connectivity index (χ2n) is 9.10. The first-order valence-corrected chi connectivity index (χ1v) is 12.1. The molecule has 2 heterocycles. The molecule has 35 heavy (non-hydrogen) atoms. The monoisotopic (exact) mass is 470 g/mol. The molecule has 1 N–H and O–H groups in total. The fourth-order valence-electron chi connectivity index (χ4n) is 4.97. The molecule has 0 unspecified atom stereocenters. The summed E-state index contributed by atoms with van der Waals surface area (Å²) >= 11 is 0. The van der Waals surface area contributed by atoms with Crippen molar-refractivity contribution >= 4 is 23.0 Å². The van der Waals surface area contributed by atoms with Crippen molar-refractivity contribution in [1.29, 1.82) is 0 Å². The smallest absolute Gasteiger partial charge is 0.258 e. The Morgan fingerprint density at radius 3 is 1.94 bits per heavy atom. The number of ketones is 1. The molecule has 178 valence electrons. The third-order valence-corrected chi connectivity index (χ3v) is 6.89. The van der Waals surface area contributed by atoms with Gasteiger partial charge in [0.25, 0.3) is 5.91 Å². The number of hydrogen-bond donors (Lipinski definition) is 1. The van der Waals surface area contributed by atoms with Gasteiger partial charge in [-0.2, -0.15) is 0 Å². The average molecular weight is 471 g/mol. The maximum atomic E-state index is 13.4. The molecule has 0 spiro atoms. The summed E-state index contributed by atoms with van der Waals surface area (Å²) in [4.78, 5) is 31.9. The van der Waals surface area contributed by atoms with Crippen molar-refractivity contribution in [2.24, 2.45) is 0 Å². The zero-order chi connectivity index (χ0) is 24.2. The van der Waals surface area contributed by atoms with Crippen molar-refractivity contribution in [2.45, 2.75) is 0 Å². The summed E-state index contributed by atoms with van der Waals surface area (Å²) in [6.45, 7) is 5.12. The van der Waals surface area contributed by atoms with E-state index in [0.717, 1.165) is 49.5 Å². The van der Waals surface area contributed by atoms with Crippen LogP contribution in [0.4, 0.5) is 10.1 Å². The Hall–Kier alpha value is -3.77. The van der Waals surface area contributed by atoms with Gasteiger partial charge in [-0.3, -0.25) is 9.59 Å². The Balaban J connectivity index is 1.27. The van der Waals surface area contributed by atoms with Gasteiger partial charge in [0.2, 0.25) is 0 Å². The zero-order valence-corrected chi connectivity index (χ0v) is 19.6. The second kappa shape index (κ2) is 10.2. The van der Waals surface area contributed by atoms with Gasteiger partial charge in [-0.15, -0.1) is 0 Å². The first-order chi connectivity index (χ1) is 17.1. The van der Waals surface area contributed by atoms with Crippen LogP contribution in [0.1, 0.15) is 11.1 Å². The Kier molecular flexibility index (Phi) is 6.73. The first kappa shape index (κ1) is 23.0. The third-order valence-electron chi connectivity index (χ3n) is 6.89. The lowest BCUT2D eigenvalue weighted by Crippen LogP contribution is -3.15. The van der Waals surface area contributed by atoms with Crippen molar-refractivity contribution in [3.8, 4) is 0 Å². The topological polar surface area (TPSA) is 45.1 Å². The Bertz CT molecular complexity index is 1180. The van der Waals surface area contributed by atoms with Crippen LogP contribution in [0, 0.1) is 5.82 Å². The van der Waals surface area contributed by atoms with Crippen molar-refractivity contribution in [3.63, 3.8) is 0 Å². The number of nitrogens with one attached hydrogen (secondary N) is 1. The number of quaternary nitrogens is 1. The minimum absolute atomic E-state index is 0.117. The number of piperazine rings is 1. The molecule has 5 nitrogen and oxygen atoms in total. The fraction of sp³-hybridized carbons (Fsp3) is 0.241. The summed E-state index contributed by atoms with van der Waals surface area (Å²) in [6.07, 6.45) is 0. The quantitative estimate of drug-likeness (QED) is 0.445. The van der Waals surface area contributed by atoms with Gasteiger partial charge in [0.15, 0.2) is 5.78 Å². The zero-order valence-electron chi connectivity index (χ0n) is 19.6. The van der Waals surface area contributed by atoms with Crippen LogP contribution in [0.3, 0.4) is 0 Å². The number of anilines is 1. The molecule has 2 aliphatic heterocycles. The summed E-state index contributed by atoms with van der Waals surface area (Å²) < 4.78 is 13.2. The van der Waals surface area contributed by atoms with Gasteiger partial charge >= 0.3 is 0 Å². The van der Waals surface area contributed by atoms with Crippen molar-refractivity contribution < 1.29 is 18.9 Å². The van der Waals surface area contributed by atoms with Gasteiger partial charge in [0.1, 0.15) is 5.82 Å². The van der Waals surface area contributed by atoms with Gasteiger partial charge in [-0.25, -0.2) is 4.39 Å². The molecule has 3 aromatic rings. The molecule has 0 bridgehead atoms. The number of benzene rings is 3. The number of rotatable bonds is 6. The molecule has 6 heteroatoms. The number of halogens is 1. The molecular formula is C29H29FN3O2+. The van der Waals surface area contributed by atoms with E-state index in [9.17, 15) is 14.0 Å². The largest absolute Gasteiger partial charge is 0.360 e. The molecule has 3 aromatic carbocycles. The highest BCUT2D eigenvalue weighted by Crippen LogP contribution is 2.31. The molecule has 0 atom stereocenters. The number of likely N-dealkylation sites (tertiary alicyclic amines) is 1. The predicted molar refractivity (Wildman–Crippen MR) is 135 cm³/mol. The fourth-order valence-corrected chi connectivity index (χ4v) is 4.97. The highest BCUT2D eigenvalue weighted by molar-refractivity contribution is 6.30. The molecule has 2 fully saturated rings. The maximum Gasteiger partial charge on any atom is 0.258 e. The third kappa shape index (κ3) is 5.03. The maximum absolute atomic E-state index is 13.4. The highest BCUT2D eigenvalue weighted by atomic mass is 19.1. The van der Waals surface area contributed by atoms with Crippen molar-refractivity contribution in [2.75, 3.05) is 50.7 Å². The van der Waals surface area contributed by atoms with Crippen molar-refractivity contribution in [3.05, 3.63) is 107 Å². The predicted octanol–water partition coefficient (Wildman–Crippen LogP) is 2.44. The van der Waals surface area contributed by atoms with Crippen LogP contribution in [0.2, 0.25) is 0 Å². The van der Waals surface area contributed by atoms with Gasteiger partial charge in [-0.05, 0) is 35.4 Å². The van der Waals surface area contributed by atoms with Crippen LogP contribution < -0.4 is 9.80 Å². The molecule has 0 saturated carbocycles. The van der Waals surface area contributed by atoms with Crippen LogP contribution in [0.15, 0.2) is 90.5 Å². The van der Waals surface area contributed by atoms with E-state index in [1.54, 1.807) is 4.90 Å².